The summed E-state index contributed by atoms with van der Waals surface area (Å²) in [4.78, 5) is 13.2. The fourth-order valence-corrected chi connectivity index (χ4v) is 5.89. The molecule has 156 valence electrons. The molecule has 4 rings (SSSR count). The summed E-state index contributed by atoms with van der Waals surface area (Å²) >= 11 is 0. The zero-order valence-electron chi connectivity index (χ0n) is 16.0. The Balaban J connectivity index is 0.00000225. The van der Waals surface area contributed by atoms with Crippen molar-refractivity contribution >= 4 is 34.0 Å². The van der Waals surface area contributed by atoms with E-state index >= 15 is 0 Å². The van der Waals surface area contributed by atoms with Gasteiger partial charge in [0.25, 0.3) is 0 Å². The maximum Gasteiger partial charge on any atom is 0.244 e. The lowest BCUT2D eigenvalue weighted by Gasteiger charge is -2.37. The smallest absolute Gasteiger partial charge is 0.244 e. The van der Waals surface area contributed by atoms with Gasteiger partial charge in [-0.15, -0.1) is 12.4 Å². The van der Waals surface area contributed by atoms with Gasteiger partial charge in [0, 0.05) is 18.3 Å². The molecule has 2 aliphatic carbocycles. The fraction of sp³-hybridized carbons (Fsp3) is 0.632. The monoisotopic (exact) mass is 429 g/mol. The number of hydrogen-bond donors (Lipinski definition) is 3. The molecule has 1 aliphatic heterocycles. The molecule has 3 fully saturated rings. The molecule has 28 heavy (non-hydrogen) atoms. The quantitative estimate of drug-likeness (QED) is 0.644. The van der Waals surface area contributed by atoms with Crippen LogP contribution in [0.1, 0.15) is 38.5 Å². The van der Waals surface area contributed by atoms with Crippen LogP contribution in [0.2, 0.25) is 0 Å². The number of methoxy groups -OCH3 is 1. The highest BCUT2D eigenvalue weighted by Crippen LogP contribution is 2.44. The van der Waals surface area contributed by atoms with Crippen molar-refractivity contribution in [3.05, 3.63) is 18.2 Å². The molecule has 1 aromatic carbocycles. The SMILES string of the molecule is COc1ccc(NC(=O)[C@@]23CCCC[C@H]2CNC3)cc1S(=O)(=O)NC1CC1.Cl. The minimum absolute atomic E-state index is 0. The number of rotatable bonds is 6. The van der Waals surface area contributed by atoms with Gasteiger partial charge in [-0.3, -0.25) is 4.79 Å². The Hall–Kier alpha value is -1.35. The molecule has 3 N–H and O–H groups in total. The van der Waals surface area contributed by atoms with E-state index in [9.17, 15) is 13.2 Å². The van der Waals surface area contributed by atoms with Crippen LogP contribution in [0.25, 0.3) is 0 Å². The van der Waals surface area contributed by atoms with Crippen molar-refractivity contribution in [2.24, 2.45) is 11.3 Å². The second kappa shape index (κ2) is 8.18. The first-order valence-electron chi connectivity index (χ1n) is 9.67. The number of nitrogens with one attached hydrogen (secondary N) is 3. The van der Waals surface area contributed by atoms with E-state index in [1.165, 1.54) is 19.6 Å². The number of carbonyl (C=O) groups is 1. The average Bonchev–Trinajstić information content (AvgIpc) is 3.34. The van der Waals surface area contributed by atoms with Crippen molar-refractivity contribution in [2.75, 3.05) is 25.5 Å². The van der Waals surface area contributed by atoms with Crippen LogP contribution in [0.3, 0.4) is 0 Å². The van der Waals surface area contributed by atoms with Gasteiger partial charge in [0.05, 0.1) is 12.5 Å². The van der Waals surface area contributed by atoms with Gasteiger partial charge in [-0.25, -0.2) is 13.1 Å². The number of anilines is 1. The molecule has 3 aliphatic rings. The summed E-state index contributed by atoms with van der Waals surface area (Å²) in [6.07, 6.45) is 5.87. The lowest BCUT2D eigenvalue weighted by molar-refractivity contribution is -0.128. The van der Waals surface area contributed by atoms with Crippen LogP contribution in [0, 0.1) is 11.3 Å². The van der Waals surface area contributed by atoms with E-state index < -0.39 is 10.0 Å². The van der Waals surface area contributed by atoms with Gasteiger partial charge in [-0.05, 0) is 56.3 Å². The zero-order valence-corrected chi connectivity index (χ0v) is 17.6. The number of hydrogen-bond acceptors (Lipinski definition) is 5. The fourth-order valence-electron chi connectivity index (χ4n) is 4.39. The van der Waals surface area contributed by atoms with E-state index in [0.717, 1.165) is 38.6 Å². The Bertz CT molecular complexity index is 844. The Morgan fingerprint density at radius 2 is 2.04 bits per heavy atom. The molecule has 0 aromatic heterocycles. The Morgan fingerprint density at radius 1 is 1.25 bits per heavy atom. The van der Waals surface area contributed by atoms with Crippen LogP contribution in [0.15, 0.2) is 23.1 Å². The van der Waals surface area contributed by atoms with Crippen LogP contribution in [0.4, 0.5) is 5.69 Å². The van der Waals surface area contributed by atoms with Crippen molar-refractivity contribution in [2.45, 2.75) is 49.5 Å². The minimum atomic E-state index is -3.68. The van der Waals surface area contributed by atoms with Gasteiger partial charge in [0.2, 0.25) is 15.9 Å². The predicted molar refractivity (Wildman–Crippen MR) is 109 cm³/mol. The van der Waals surface area contributed by atoms with Crippen molar-refractivity contribution in [3.63, 3.8) is 0 Å². The molecular formula is C19H28ClN3O4S. The second-order valence-corrected chi connectivity index (χ2v) is 9.63. The van der Waals surface area contributed by atoms with Crippen molar-refractivity contribution < 1.29 is 17.9 Å². The summed E-state index contributed by atoms with van der Waals surface area (Å²) in [5, 5.41) is 6.35. The predicted octanol–water partition coefficient (Wildman–Crippen LogP) is 2.28. The summed E-state index contributed by atoms with van der Waals surface area (Å²) in [5.74, 6) is 0.613. The van der Waals surface area contributed by atoms with Crippen molar-refractivity contribution in [1.82, 2.24) is 10.0 Å². The average molecular weight is 430 g/mol. The molecule has 0 bridgehead atoms. The Kier molecular flexibility index (Phi) is 6.24. The van der Waals surface area contributed by atoms with Crippen LogP contribution in [0.5, 0.6) is 5.75 Å². The minimum Gasteiger partial charge on any atom is -0.495 e. The molecular weight excluding hydrogens is 402 g/mol. The first-order valence-corrected chi connectivity index (χ1v) is 11.2. The molecule has 0 spiro atoms. The molecule has 0 radical (unpaired) electrons. The van der Waals surface area contributed by atoms with Crippen LogP contribution >= 0.6 is 12.4 Å². The number of benzene rings is 1. The number of fused-ring (bicyclic) bond motifs is 1. The third-order valence-electron chi connectivity index (χ3n) is 6.10. The summed E-state index contributed by atoms with van der Waals surface area (Å²) in [6.45, 7) is 1.56. The van der Waals surface area contributed by atoms with Gasteiger partial charge >= 0.3 is 0 Å². The molecule has 2 atom stereocenters. The van der Waals surface area contributed by atoms with Gasteiger partial charge < -0.3 is 15.4 Å². The highest BCUT2D eigenvalue weighted by Gasteiger charge is 2.49. The van der Waals surface area contributed by atoms with E-state index in [-0.39, 0.29) is 40.4 Å². The van der Waals surface area contributed by atoms with Crippen molar-refractivity contribution in [1.29, 1.82) is 0 Å². The maximum absolute atomic E-state index is 13.1. The Labute approximate surface area is 172 Å². The van der Waals surface area contributed by atoms with Gasteiger partial charge in [0.1, 0.15) is 10.6 Å². The second-order valence-electron chi connectivity index (χ2n) is 7.95. The van der Waals surface area contributed by atoms with E-state index in [1.54, 1.807) is 12.1 Å². The normalized spacial score (nSPS) is 26.8. The first-order chi connectivity index (χ1) is 12.9. The number of carbonyl (C=O) groups excluding carboxylic acids is 1. The number of ether oxygens (including phenoxy) is 1. The number of halogens is 1. The number of sulfonamides is 1. The number of amides is 1. The standard InChI is InChI=1S/C19H27N3O4S.ClH/c1-26-16-8-7-15(10-17(16)27(24,25)22-14-5-6-14)21-18(23)19-9-3-2-4-13(19)11-20-12-19;/h7-8,10,13-14,20,22H,2-6,9,11-12H2,1H3,(H,21,23);1H/t13-,19+;/m0./s1. The molecule has 9 heteroatoms. The molecule has 1 amide bonds. The lowest BCUT2D eigenvalue weighted by atomic mass is 9.67. The van der Waals surface area contributed by atoms with Crippen molar-refractivity contribution in [3.8, 4) is 5.75 Å². The molecule has 1 saturated heterocycles. The van der Waals surface area contributed by atoms with Gasteiger partial charge in [-0.1, -0.05) is 12.8 Å². The topological polar surface area (TPSA) is 96.5 Å². The molecule has 7 nitrogen and oxygen atoms in total. The van der Waals surface area contributed by atoms with E-state index in [4.69, 9.17) is 4.74 Å². The summed E-state index contributed by atoms with van der Waals surface area (Å²) in [7, 11) is -2.24. The zero-order chi connectivity index (χ0) is 19.1. The van der Waals surface area contributed by atoms with E-state index in [2.05, 4.69) is 15.4 Å². The van der Waals surface area contributed by atoms with Crippen LogP contribution in [-0.2, 0) is 14.8 Å². The third kappa shape index (κ3) is 4.01. The highest BCUT2D eigenvalue weighted by molar-refractivity contribution is 7.89. The molecule has 0 unspecified atom stereocenters. The third-order valence-corrected chi connectivity index (χ3v) is 7.64. The van der Waals surface area contributed by atoms with Gasteiger partial charge in [-0.2, -0.15) is 0 Å². The summed E-state index contributed by atoms with van der Waals surface area (Å²) in [5.41, 5.74) is 0.103. The van der Waals surface area contributed by atoms with Crippen LogP contribution < -0.4 is 20.1 Å². The summed E-state index contributed by atoms with van der Waals surface area (Å²) in [6, 6.07) is 4.80. The van der Waals surface area contributed by atoms with Gasteiger partial charge in [0.15, 0.2) is 0 Å². The molecule has 1 heterocycles. The van der Waals surface area contributed by atoms with Crippen LogP contribution in [-0.4, -0.2) is 40.6 Å². The van der Waals surface area contributed by atoms with E-state index in [1.807, 2.05) is 0 Å². The maximum atomic E-state index is 13.1. The molecule has 1 aromatic rings. The lowest BCUT2D eigenvalue weighted by Crippen LogP contribution is -2.44. The highest BCUT2D eigenvalue weighted by atomic mass is 35.5. The van der Waals surface area contributed by atoms with E-state index in [0.29, 0.717) is 18.2 Å². The molecule has 2 saturated carbocycles. The first kappa shape index (κ1) is 21.4. The largest absolute Gasteiger partial charge is 0.495 e. The Morgan fingerprint density at radius 3 is 2.75 bits per heavy atom. The summed E-state index contributed by atoms with van der Waals surface area (Å²) < 4.78 is 33.2.